The van der Waals surface area contributed by atoms with E-state index in [9.17, 15) is 9.59 Å². The highest BCUT2D eigenvalue weighted by atomic mass is 79.9. The number of carbonyl (C=O) groups is 2. The predicted molar refractivity (Wildman–Crippen MR) is 94.2 cm³/mol. The lowest BCUT2D eigenvalue weighted by Crippen LogP contribution is -2.29. The van der Waals surface area contributed by atoms with Crippen molar-refractivity contribution in [1.82, 2.24) is 0 Å². The summed E-state index contributed by atoms with van der Waals surface area (Å²) in [5.41, 5.74) is 1.57. The van der Waals surface area contributed by atoms with Crippen molar-refractivity contribution in [1.29, 1.82) is 0 Å². The van der Waals surface area contributed by atoms with Gasteiger partial charge in [0, 0.05) is 17.2 Å². The molecule has 0 aliphatic heterocycles. The van der Waals surface area contributed by atoms with Gasteiger partial charge in [0.05, 0.1) is 17.5 Å². The van der Waals surface area contributed by atoms with Crippen LogP contribution in [0.5, 0.6) is 0 Å². The molecule has 2 aromatic rings. The summed E-state index contributed by atoms with van der Waals surface area (Å²) in [6.07, 6.45) is 0.603. The molecule has 5 heteroatoms. The second-order valence-corrected chi connectivity index (χ2v) is 6.50. The van der Waals surface area contributed by atoms with Crippen LogP contribution in [0, 0.1) is 11.8 Å². The first-order chi connectivity index (χ1) is 11.1. The highest BCUT2D eigenvalue weighted by Gasteiger charge is 2.49. The fraction of sp³-hybridized carbons (Fsp3) is 0.222. The van der Waals surface area contributed by atoms with Gasteiger partial charge in [0.2, 0.25) is 11.8 Å². The summed E-state index contributed by atoms with van der Waals surface area (Å²) in [6.45, 7) is 0. The monoisotopic (exact) mass is 372 g/mol. The number of nitrogens with one attached hydrogen (secondary N) is 1. The SMILES string of the molecule is CN(C(=O)C1CC1C(=O)Nc1ccccc1Br)c1ccccc1. The second kappa shape index (κ2) is 6.54. The summed E-state index contributed by atoms with van der Waals surface area (Å²) in [4.78, 5) is 26.4. The van der Waals surface area contributed by atoms with Crippen molar-refractivity contribution in [2.75, 3.05) is 17.3 Å². The maximum Gasteiger partial charge on any atom is 0.230 e. The Kier molecular flexibility index (Phi) is 4.48. The van der Waals surface area contributed by atoms with E-state index in [0.29, 0.717) is 6.42 Å². The largest absolute Gasteiger partial charge is 0.325 e. The van der Waals surface area contributed by atoms with E-state index in [4.69, 9.17) is 0 Å². The zero-order valence-corrected chi connectivity index (χ0v) is 14.3. The standard InChI is InChI=1S/C18H17BrN2O2/c1-21(12-7-3-2-4-8-12)18(23)14-11-13(14)17(22)20-16-10-6-5-9-15(16)19/h2-10,13-14H,11H2,1H3,(H,20,22). The van der Waals surface area contributed by atoms with Gasteiger partial charge in [-0.05, 0) is 46.6 Å². The van der Waals surface area contributed by atoms with E-state index < -0.39 is 0 Å². The number of rotatable bonds is 4. The Morgan fingerprint density at radius 3 is 2.39 bits per heavy atom. The molecule has 0 radical (unpaired) electrons. The van der Waals surface area contributed by atoms with Gasteiger partial charge in [0.1, 0.15) is 0 Å². The lowest BCUT2D eigenvalue weighted by molar-refractivity contribution is -0.123. The van der Waals surface area contributed by atoms with Crippen molar-refractivity contribution in [2.45, 2.75) is 6.42 Å². The molecule has 23 heavy (non-hydrogen) atoms. The number of benzene rings is 2. The Morgan fingerprint density at radius 2 is 1.70 bits per heavy atom. The summed E-state index contributed by atoms with van der Waals surface area (Å²) < 4.78 is 0.832. The van der Waals surface area contributed by atoms with Crippen LogP contribution in [0.4, 0.5) is 11.4 Å². The molecule has 0 aromatic heterocycles. The highest BCUT2D eigenvalue weighted by Crippen LogP contribution is 2.41. The molecule has 0 spiro atoms. The zero-order chi connectivity index (χ0) is 16.4. The van der Waals surface area contributed by atoms with Crippen LogP contribution >= 0.6 is 15.9 Å². The van der Waals surface area contributed by atoms with Crippen LogP contribution in [0.3, 0.4) is 0 Å². The van der Waals surface area contributed by atoms with Gasteiger partial charge in [0.25, 0.3) is 0 Å². The third-order valence-corrected chi connectivity index (χ3v) is 4.74. The molecule has 1 saturated carbocycles. The van der Waals surface area contributed by atoms with Crippen molar-refractivity contribution >= 4 is 39.1 Å². The fourth-order valence-electron chi connectivity index (χ4n) is 2.57. The van der Waals surface area contributed by atoms with E-state index in [1.54, 1.807) is 11.9 Å². The molecule has 0 saturated heterocycles. The van der Waals surface area contributed by atoms with Gasteiger partial charge in [-0.3, -0.25) is 9.59 Å². The smallest absolute Gasteiger partial charge is 0.230 e. The fourth-order valence-corrected chi connectivity index (χ4v) is 2.96. The molecule has 2 unspecified atom stereocenters. The van der Waals surface area contributed by atoms with Crippen LogP contribution in [0.25, 0.3) is 0 Å². The van der Waals surface area contributed by atoms with Gasteiger partial charge in [-0.2, -0.15) is 0 Å². The molecule has 4 nitrogen and oxygen atoms in total. The molecule has 1 N–H and O–H groups in total. The number of anilines is 2. The number of para-hydroxylation sites is 2. The van der Waals surface area contributed by atoms with Gasteiger partial charge < -0.3 is 10.2 Å². The van der Waals surface area contributed by atoms with E-state index >= 15 is 0 Å². The molecule has 0 bridgehead atoms. The molecule has 1 fully saturated rings. The average molecular weight is 373 g/mol. The Labute approximate surface area is 143 Å². The van der Waals surface area contributed by atoms with Crippen LogP contribution < -0.4 is 10.2 Å². The Morgan fingerprint density at radius 1 is 1.04 bits per heavy atom. The Bertz CT molecular complexity index is 733. The van der Waals surface area contributed by atoms with Gasteiger partial charge in [0.15, 0.2) is 0 Å². The first-order valence-corrected chi connectivity index (χ1v) is 8.25. The summed E-state index contributed by atoms with van der Waals surface area (Å²) in [7, 11) is 1.75. The first-order valence-electron chi connectivity index (χ1n) is 7.46. The zero-order valence-electron chi connectivity index (χ0n) is 12.7. The number of hydrogen-bond acceptors (Lipinski definition) is 2. The molecule has 3 rings (SSSR count). The number of halogens is 1. The molecular weight excluding hydrogens is 356 g/mol. The van der Waals surface area contributed by atoms with Crippen molar-refractivity contribution in [3.05, 3.63) is 59.1 Å². The van der Waals surface area contributed by atoms with E-state index in [1.165, 1.54) is 0 Å². The van der Waals surface area contributed by atoms with Crippen molar-refractivity contribution in [3.63, 3.8) is 0 Å². The minimum absolute atomic E-state index is 0.0107. The Balaban J connectivity index is 1.62. The van der Waals surface area contributed by atoms with Gasteiger partial charge in [-0.15, -0.1) is 0 Å². The molecule has 2 amide bonds. The lowest BCUT2D eigenvalue weighted by Gasteiger charge is -2.17. The van der Waals surface area contributed by atoms with Crippen molar-refractivity contribution in [2.24, 2.45) is 11.8 Å². The molecular formula is C18H17BrN2O2. The number of nitrogens with zero attached hydrogens (tertiary/aromatic N) is 1. The van der Waals surface area contributed by atoms with E-state index in [2.05, 4.69) is 21.2 Å². The van der Waals surface area contributed by atoms with Crippen LogP contribution in [-0.4, -0.2) is 18.9 Å². The topological polar surface area (TPSA) is 49.4 Å². The highest BCUT2D eigenvalue weighted by molar-refractivity contribution is 9.10. The predicted octanol–water partition coefficient (Wildman–Crippen LogP) is 3.69. The number of carbonyl (C=O) groups excluding carboxylic acids is 2. The van der Waals surface area contributed by atoms with Gasteiger partial charge in [-0.1, -0.05) is 30.3 Å². The molecule has 0 heterocycles. The number of amides is 2. The molecule has 1 aliphatic rings. The van der Waals surface area contributed by atoms with Crippen LogP contribution in [0.2, 0.25) is 0 Å². The quantitative estimate of drug-likeness (QED) is 0.889. The summed E-state index contributed by atoms with van der Waals surface area (Å²) >= 11 is 3.40. The van der Waals surface area contributed by atoms with Crippen LogP contribution in [-0.2, 0) is 9.59 Å². The minimum Gasteiger partial charge on any atom is -0.325 e. The first kappa shape index (κ1) is 15.7. The maximum atomic E-state index is 12.5. The van der Waals surface area contributed by atoms with Gasteiger partial charge >= 0.3 is 0 Å². The van der Waals surface area contributed by atoms with Crippen LogP contribution in [0.15, 0.2) is 59.1 Å². The van der Waals surface area contributed by atoms with Gasteiger partial charge in [-0.25, -0.2) is 0 Å². The van der Waals surface area contributed by atoms with Crippen molar-refractivity contribution < 1.29 is 9.59 Å². The molecule has 2 atom stereocenters. The second-order valence-electron chi connectivity index (χ2n) is 5.65. The van der Waals surface area contributed by atoms with E-state index in [-0.39, 0.29) is 23.7 Å². The van der Waals surface area contributed by atoms with E-state index in [1.807, 2.05) is 54.6 Å². The lowest BCUT2D eigenvalue weighted by atomic mass is 10.2. The normalized spacial score (nSPS) is 19.0. The average Bonchev–Trinajstić information content (AvgIpc) is 3.37. The van der Waals surface area contributed by atoms with Crippen molar-refractivity contribution in [3.8, 4) is 0 Å². The molecule has 2 aromatic carbocycles. The third kappa shape index (κ3) is 3.45. The van der Waals surface area contributed by atoms with E-state index in [0.717, 1.165) is 15.8 Å². The summed E-state index contributed by atoms with van der Waals surface area (Å²) in [5.74, 6) is -0.594. The van der Waals surface area contributed by atoms with Crippen LogP contribution in [0.1, 0.15) is 6.42 Å². The minimum atomic E-state index is -0.249. The summed E-state index contributed by atoms with van der Waals surface area (Å²) in [6, 6.07) is 16.9. The maximum absolute atomic E-state index is 12.5. The Hall–Kier alpha value is -2.14. The summed E-state index contributed by atoms with van der Waals surface area (Å²) in [5, 5.41) is 2.88. The molecule has 1 aliphatic carbocycles. The molecule has 118 valence electrons. The number of hydrogen-bond donors (Lipinski definition) is 1. The third-order valence-electron chi connectivity index (χ3n) is 4.05.